The maximum absolute atomic E-state index is 11.0. The van der Waals surface area contributed by atoms with Gasteiger partial charge in [-0.25, -0.2) is 4.79 Å². The predicted octanol–water partition coefficient (Wildman–Crippen LogP) is 0.551. The summed E-state index contributed by atoms with van der Waals surface area (Å²) in [4.78, 5) is 43.0. The van der Waals surface area contributed by atoms with Crippen LogP contribution in [0.2, 0.25) is 0 Å². The summed E-state index contributed by atoms with van der Waals surface area (Å²) in [5, 5.41) is 19.6. The second kappa shape index (κ2) is 5.92. The van der Waals surface area contributed by atoms with Gasteiger partial charge < -0.3 is 5.11 Å². The lowest BCUT2D eigenvalue weighted by Crippen LogP contribution is -2.21. The number of hydrogen-bond acceptors (Lipinski definition) is 6. The van der Waals surface area contributed by atoms with E-state index < -0.39 is 28.1 Å². The molecule has 8 nitrogen and oxygen atoms in total. The van der Waals surface area contributed by atoms with E-state index in [1.165, 1.54) is 23.9 Å². The van der Waals surface area contributed by atoms with Crippen LogP contribution < -0.4 is 11.1 Å². The summed E-state index contributed by atoms with van der Waals surface area (Å²) in [7, 11) is 0. The number of thioether (sulfide) groups is 1. The van der Waals surface area contributed by atoms with Crippen LogP contribution in [-0.4, -0.2) is 26.3 Å². The van der Waals surface area contributed by atoms with E-state index in [4.69, 9.17) is 5.11 Å². The van der Waals surface area contributed by atoms with Crippen molar-refractivity contribution in [2.45, 2.75) is 11.8 Å². The van der Waals surface area contributed by atoms with E-state index in [1.54, 1.807) is 12.1 Å². The number of benzene rings is 1. The molecular weight excluding hydrogens is 300 g/mol. The van der Waals surface area contributed by atoms with Gasteiger partial charge in [-0.1, -0.05) is 12.1 Å². The van der Waals surface area contributed by atoms with E-state index in [0.717, 1.165) is 0 Å². The molecule has 0 saturated carbocycles. The van der Waals surface area contributed by atoms with Crippen LogP contribution in [0.5, 0.6) is 0 Å². The molecule has 1 N–H and O–H groups in total. The van der Waals surface area contributed by atoms with Crippen LogP contribution in [0.4, 0.5) is 5.69 Å². The fourth-order valence-electron chi connectivity index (χ4n) is 1.73. The minimum atomic E-state index is -1.25. The van der Waals surface area contributed by atoms with E-state index in [0.29, 0.717) is 15.9 Å². The molecule has 0 aliphatic carbocycles. The van der Waals surface area contributed by atoms with Crippen molar-refractivity contribution in [1.29, 1.82) is 0 Å². The minimum Gasteiger partial charge on any atom is -0.480 e. The lowest BCUT2D eigenvalue weighted by molar-refractivity contribution is -0.384. The van der Waals surface area contributed by atoms with Gasteiger partial charge in [0.1, 0.15) is 6.04 Å². The van der Waals surface area contributed by atoms with Gasteiger partial charge in [-0.15, -0.1) is 0 Å². The lowest BCUT2D eigenvalue weighted by atomic mass is 10.2. The van der Waals surface area contributed by atoms with Gasteiger partial charge in [0, 0.05) is 23.6 Å². The normalized spacial score (nSPS) is 12.4. The molecule has 1 heterocycles. The number of rotatable bonds is 7. The van der Waals surface area contributed by atoms with Crippen molar-refractivity contribution in [2.24, 2.45) is 0 Å². The number of hydrogen-bond donors (Lipinski definition) is 1. The third kappa shape index (κ3) is 3.37. The van der Waals surface area contributed by atoms with Crippen LogP contribution in [0.25, 0.3) is 0 Å². The summed E-state index contributed by atoms with van der Waals surface area (Å²) < 4.78 is 0.697. The van der Waals surface area contributed by atoms with Crippen LogP contribution in [0.1, 0.15) is 11.6 Å². The molecule has 2 rings (SSSR count). The molecule has 0 aliphatic heterocycles. The first-order valence-electron chi connectivity index (χ1n) is 5.83. The Labute approximate surface area is 121 Å². The van der Waals surface area contributed by atoms with E-state index in [2.05, 4.69) is 0 Å². The Morgan fingerprint density at radius 2 is 2.05 bits per heavy atom. The minimum absolute atomic E-state index is 0.0372. The van der Waals surface area contributed by atoms with Crippen molar-refractivity contribution in [1.82, 2.24) is 4.57 Å². The Bertz CT molecular complexity index is 736. The number of carboxylic acids is 1. The zero-order chi connectivity index (χ0) is 15.6. The second-order valence-corrected chi connectivity index (χ2v) is 5.31. The van der Waals surface area contributed by atoms with Gasteiger partial charge in [-0.2, -0.15) is 11.8 Å². The molecule has 2 aromatic rings. The lowest BCUT2D eigenvalue weighted by Gasteiger charge is -2.08. The van der Waals surface area contributed by atoms with Crippen LogP contribution in [0.15, 0.2) is 33.9 Å². The quantitative estimate of drug-likeness (QED) is 0.450. The first kappa shape index (κ1) is 15.0. The molecule has 0 spiro atoms. The van der Waals surface area contributed by atoms with Crippen molar-refractivity contribution < 1.29 is 14.8 Å². The number of non-ortho nitro benzene ring substituents is 1. The highest BCUT2D eigenvalue weighted by Crippen LogP contribution is 2.21. The van der Waals surface area contributed by atoms with E-state index >= 15 is 0 Å². The standard InChI is InChI=1S/C12H10N2O6S/c15-10-11(16)13(10)9(12(17)18)6-21-5-7-2-1-3-8(4-7)14(19)20/h1-4,9H,5-6H2,(H,17,18)/t9-/m0/s1. The third-order valence-corrected chi connectivity index (χ3v) is 3.92. The molecule has 0 unspecified atom stereocenters. The maximum atomic E-state index is 11.0. The zero-order valence-corrected chi connectivity index (χ0v) is 11.4. The zero-order valence-electron chi connectivity index (χ0n) is 10.6. The van der Waals surface area contributed by atoms with Crippen molar-refractivity contribution in [3.05, 3.63) is 60.7 Å². The average molecular weight is 310 g/mol. The number of aromatic nitrogens is 1. The van der Waals surface area contributed by atoms with Crippen molar-refractivity contribution in [3.63, 3.8) is 0 Å². The largest absolute Gasteiger partial charge is 0.480 e. The van der Waals surface area contributed by atoms with Gasteiger partial charge >= 0.3 is 17.1 Å². The van der Waals surface area contributed by atoms with Crippen LogP contribution in [0, 0.1) is 10.1 Å². The Balaban J connectivity index is 1.97. The Kier molecular flexibility index (Phi) is 4.22. The second-order valence-electron chi connectivity index (χ2n) is 4.28. The topological polar surface area (TPSA) is 120 Å². The maximum Gasteiger partial charge on any atom is 0.327 e. The van der Waals surface area contributed by atoms with E-state index in [1.807, 2.05) is 0 Å². The molecule has 0 fully saturated rings. The molecule has 0 bridgehead atoms. The Morgan fingerprint density at radius 1 is 1.38 bits per heavy atom. The molecule has 110 valence electrons. The van der Waals surface area contributed by atoms with Crippen molar-refractivity contribution in [2.75, 3.05) is 5.75 Å². The monoisotopic (exact) mass is 310 g/mol. The fourth-order valence-corrected chi connectivity index (χ4v) is 2.78. The summed E-state index contributed by atoms with van der Waals surface area (Å²) in [6.45, 7) is 0. The predicted molar refractivity (Wildman–Crippen MR) is 75.3 cm³/mol. The third-order valence-electron chi connectivity index (χ3n) is 2.83. The van der Waals surface area contributed by atoms with Crippen molar-refractivity contribution in [3.8, 4) is 0 Å². The number of nitrogens with zero attached hydrogens (tertiary/aromatic N) is 2. The Morgan fingerprint density at radius 3 is 2.57 bits per heavy atom. The van der Waals surface area contributed by atoms with Gasteiger partial charge in [0.25, 0.3) is 5.69 Å². The summed E-state index contributed by atoms with van der Waals surface area (Å²) in [6, 6.07) is 4.80. The van der Waals surface area contributed by atoms with Crippen LogP contribution >= 0.6 is 11.8 Å². The molecular formula is C12H10N2O6S. The summed E-state index contributed by atoms with van der Waals surface area (Å²) in [6.07, 6.45) is 0. The summed E-state index contributed by atoms with van der Waals surface area (Å²) in [5.41, 5.74) is -0.960. The number of carbonyl (C=O) groups is 1. The highest BCUT2D eigenvalue weighted by Gasteiger charge is 2.30. The molecule has 0 saturated heterocycles. The van der Waals surface area contributed by atoms with E-state index in [9.17, 15) is 24.5 Å². The molecule has 9 heteroatoms. The fraction of sp³-hybridized carbons (Fsp3) is 0.250. The number of nitro groups is 1. The molecule has 0 amide bonds. The molecule has 21 heavy (non-hydrogen) atoms. The molecule has 0 radical (unpaired) electrons. The van der Waals surface area contributed by atoms with Crippen LogP contribution in [-0.2, 0) is 10.5 Å². The summed E-state index contributed by atoms with van der Waals surface area (Å²) in [5.74, 6) is -0.863. The molecule has 1 atom stereocenters. The van der Waals surface area contributed by atoms with Crippen molar-refractivity contribution >= 4 is 23.4 Å². The number of nitro benzene ring substituents is 1. The van der Waals surface area contributed by atoms with Gasteiger partial charge in [-0.05, 0) is 5.56 Å². The van der Waals surface area contributed by atoms with Crippen LogP contribution in [0.3, 0.4) is 0 Å². The molecule has 1 aromatic heterocycles. The SMILES string of the molecule is O=C(O)[C@H](CSCc1cccc([N+](=O)[O-])c1)n1c(=O)c1=O. The smallest absolute Gasteiger partial charge is 0.327 e. The highest BCUT2D eigenvalue weighted by molar-refractivity contribution is 7.98. The van der Waals surface area contributed by atoms with Gasteiger partial charge in [0.2, 0.25) is 0 Å². The van der Waals surface area contributed by atoms with Gasteiger partial charge in [-0.3, -0.25) is 24.3 Å². The van der Waals surface area contributed by atoms with Gasteiger partial charge in [0.15, 0.2) is 0 Å². The van der Waals surface area contributed by atoms with E-state index in [-0.39, 0.29) is 11.4 Å². The molecule has 1 aromatic carbocycles. The summed E-state index contributed by atoms with van der Waals surface area (Å²) >= 11 is 1.19. The highest BCUT2D eigenvalue weighted by atomic mass is 32.2. The Hall–Kier alpha value is -2.42. The first-order chi connectivity index (χ1) is 9.91. The van der Waals surface area contributed by atoms with Gasteiger partial charge in [0.05, 0.1) is 4.92 Å². The first-order valence-corrected chi connectivity index (χ1v) is 6.98. The number of aliphatic carboxylic acids is 1. The molecule has 0 aliphatic rings. The average Bonchev–Trinajstić information content (AvgIpc) is 3.02. The number of carboxylic acid groups (broad SMARTS) is 1.